The molecular formula is C22H30N2O2. The molecule has 4 nitrogen and oxygen atoms in total. The zero-order valence-electron chi connectivity index (χ0n) is 16.2. The maximum absolute atomic E-state index is 12.4. The van der Waals surface area contributed by atoms with Crippen molar-refractivity contribution < 1.29 is 9.53 Å². The van der Waals surface area contributed by atoms with Crippen molar-refractivity contribution >= 4 is 5.91 Å². The number of hydrogen-bond donors (Lipinski definition) is 1. The second-order valence-electron chi connectivity index (χ2n) is 7.35. The number of ether oxygens (including phenoxy) is 1. The van der Waals surface area contributed by atoms with Crippen molar-refractivity contribution in [3.05, 3.63) is 41.2 Å². The maximum Gasteiger partial charge on any atom is 0.251 e. The van der Waals surface area contributed by atoms with E-state index >= 15 is 0 Å². The number of amides is 1. The third kappa shape index (κ3) is 3.37. The van der Waals surface area contributed by atoms with Crippen molar-refractivity contribution in [3.63, 3.8) is 0 Å². The van der Waals surface area contributed by atoms with Gasteiger partial charge < -0.3 is 15.0 Å². The maximum atomic E-state index is 12.4. The molecule has 0 spiro atoms. The largest absolute Gasteiger partial charge is 0.496 e. The van der Waals surface area contributed by atoms with E-state index in [0.717, 1.165) is 28.3 Å². The van der Waals surface area contributed by atoms with Crippen LogP contribution in [0.15, 0.2) is 24.3 Å². The highest BCUT2D eigenvalue weighted by atomic mass is 16.5. The molecule has 1 aliphatic carbocycles. The quantitative estimate of drug-likeness (QED) is 0.824. The number of nitrogens with zero attached hydrogens (tertiary/aromatic N) is 1. The van der Waals surface area contributed by atoms with Crippen molar-refractivity contribution in [2.75, 3.05) is 7.11 Å². The molecule has 1 aliphatic rings. The summed E-state index contributed by atoms with van der Waals surface area (Å²) < 4.78 is 7.93. The molecule has 1 amide bonds. The van der Waals surface area contributed by atoms with Gasteiger partial charge in [0.15, 0.2) is 0 Å². The second-order valence-corrected chi connectivity index (χ2v) is 7.35. The highest BCUT2D eigenvalue weighted by Gasteiger charge is 2.27. The van der Waals surface area contributed by atoms with Crippen LogP contribution in [0.5, 0.6) is 5.75 Å². The van der Waals surface area contributed by atoms with Crippen LogP contribution in [0.1, 0.15) is 72.7 Å². The fraction of sp³-hybridized carbons (Fsp3) is 0.500. The molecular weight excluding hydrogens is 324 g/mol. The minimum Gasteiger partial charge on any atom is -0.496 e. The molecule has 4 heteroatoms. The molecule has 0 saturated heterocycles. The molecule has 1 saturated carbocycles. The predicted molar refractivity (Wildman–Crippen MR) is 106 cm³/mol. The third-order valence-corrected chi connectivity index (χ3v) is 5.76. The van der Waals surface area contributed by atoms with Crippen LogP contribution in [0.2, 0.25) is 0 Å². The lowest BCUT2D eigenvalue weighted by atomic mass is 9.96. The van der Waals surface area contributed by atoms with Gasteiger partial charge in [-0.1, -0.05) is 50.3 Å². The molecule has 2 aromatic rings. The van der Waals surface area contributed by atoms with E-state index in [0.29, 0.717) is 11.6 Å². The summed E-state index contributed by atoms with van der Waals surface area (Å²) in [6.45, 7) is 4.14. The molecule has 1 aromatic carbocycles. The van der Waals surface area contributed by atoms with E-state index in [1.54, 1.807) is 7.11 Å². The van der Waals surface area contributed by atoms with Gasteiger partial charge in [0.25, 0.3) is 5.91 Å². The first-order chi connectivity index (χ1) is 12.6. The zero-order chi connectivity index (χ0) is 18.7. The Labute approximate surface area is 156 Å². The van der Waals surface area contributed by atoms with Gasteiger partial charge in [0.2, 0.25) is 0 Å². The van der Waals surface area contributed by atoms with Crippen molar-refractivity contribution in [2.24, 2.45) is 5.73 Å². The molecule has 0 bridgehead atoms. The molecule has 3 rings (SSSR count). The van der Waals surface area contributed by atoms with Crippen molar-refractivity contribution in [1.82, 2.24) is 4.57 Å². The number of benzene rings is 1. The Bertz CT molecular complexity index is 784. The number of carbonyl (C=O) groups excluding carboxylic acids is 1. The Morgan fingerprint density at radius 3 is 2.27 bits per heavy atom. The topological polar surface area (TPSA) is 57.2 Å². The first-order valence-electron chi connectivity index (χ1n) is 9.70. The van der Waals surface area contributed by atoms with Crippen molar-refractivity contribution in [1.29, 1.82) is 0 Å². The van der Waals surface area contributed by atoms with Crippen LogP contribution >= 0.6 is 0 Å². The number of hydrogen-bond acceptors (Lipinski definition) is 2. The third-order valence-electron chi connectivity index (χ3n) is 5.76. The van der Waals surface area contributed by atoms with Crippen LogP contribution in [-0.2, 0) is 0 Å². The average Bonchev–Trinajstić information content (AvgIpc) is 2.86. The second kappa shape index (κ2) is 7.98. The molecule has 1 fully saturated rings. The minimum absolute atomic E-state index is 0.365. The standard InChI is InChI=1S/C22H30N2O2/c1-15-20(18-13-9-10-14-19(18)26-3)21(22(23)25)16(2)24(15)17-11-7-5-4-6-8-12-17/h9-10,13-14,17H,4-8,11-12H2,1-3H3,(H2,23,25). The van der Waals surface area contributed by atoms with Gasteiger partial charge in [0.1, 0.15) is 5.75 Å². The summed E-state index contributed by atoms with van der Waals surface area (Å²) in [7, 11) is 1.66. The van der Waals surface area contributed by atoms with Crippen LogP contribution in [-0.4, -0.2) is 17.6 Å². The van der Waals surface area contributed by atoms with E-state index in [1.807, 2.05) is 31.2 Å². The molecule has 0 atom stereocenters. The SMILES string of the molecule is COc1ccccc1-c1c(C(N)=O)c(C)n(C2CCCCCCC2)c1C. The van der Waals surface area contributed by atoms with Crippen LogP contribution in [0.3, 0.4) is 0 Å². The van der Waals surface area contributed by atoms with Gasteiger partial charge in [-0.05, 0) is 32.8 Å². The van der Waals surface area contributed by atoms with E-state index in [4.69, 9.17) is 10.5 Å². The Kier molecular flexibility index (Phi) is 5.70. The number of aromatic nitrogens is 1. The van der Waals surface area contributed by atoms with E-state index in [2.05, 4.69) is 11.5 Å². The monoisotopic (exact) mass is 354 g/mol. The Hall–Kier alpha value is -2.23. The summed E-state index contributed by atoms with van der Waals surface area (Å²) in [5, 5.41) is 0. The highest BCUT2D eigenvalue weighted by molar-refractivity contribution is 6.02. The van der Waals surface area contributed by atoms with Crippen LogP contribution in [0, 0.1) is 13.8 Å². The lowest BCUT2D eigenvalue weighted by Gasteiger charge is -2.25. The van der Waals surface area contributed by atoms with E-state index in [9.17, 15) is 4.79 Å². The fourth-order valence-corrected chi connectivity index (χ4v) is 4.58. The normalized spacial score (nSPS) is 16.1. The van der Waals surface area contributed by atoms with Crippen LogP contribution in [0.25, 0.3) is 11.1 Å². The molecule has 0 aliphatic heterocycles. The Morgan fingerprint density at radius 2 is 1.65 bits per heavy atom. The summed E-state index contributed by atoms with van der Waals surface area (Å²) in [4.78, 5) is 12.4. The fourth-order valence-electron chi connectivity index (χ4n) is 4.58. The molecule has 1 aromatic heterocycles. The van der Waals surface area contributed by atoms with Crippen LogP contribution < -0.4 is 10.5 Å². The molecule has 26 heavy (non-hydrogen) atoms. The summed E-state index contributed by atoms with van der Waals surface area (Å²) in [5.41, 5.74) is 10.4. The van der Waals surface area contributed by atoms with Gasteiger partial charge in [-0.3, -0.25) is 4.79 Å². The van der Waals surface area contributed by atoms with Gasteiger partial charge in [0, 0.05) is 28.6 Å². The predicted octanol–water partition coefficient (Wildman–Crippen LogP) is 5.16. The van der Waals surface area contributed by atoms with Gasteiger partial charge in [0.05, 0.1) is 12.7 Å². The van der Waals surface area contributed by atoms with Gasteiger partial charge in [-0.2, -0.15) is 0 Å². The van der Waals surface area contributed by atoms with Crippen LogP contribution in [0.4, 0.5) is 0 Å². The number of carbonyl (C=O) groups is 1. The lowest BCUT2D eigenvalue weighted by molar-refractivity contribution is 0.1000. The summed E-state index contributed by atoms with van der Waals surface area (Å²) in [6.07, 6.45) is 8.78. The molecule has 1 heterocycles. The number of para-hydroxylation sites is 1. The Morgan fingerprint density at radius 1 is 1.04 bits per heavy atom. The Balaban J connectivity index is 2.17. The number of primary amides is 1. The number of rotatable bonds is 4. The van der Waals surface area contributed by atoms with E-state index < -0.39 is 0 Å². The van der Waals surface area contributed by atoms with E-state index in [-0.39, 0.29) is 5.91 Å². The van der Waals surface area contributed by atoms with Crippen molar-refractivity contribution in [3.8, 4) is 16.9 Å². The average molecular weight is 354 g/mol. The smallest absolute Gasteiger partial charge is 0.251 e. The zero-order valence-corrected chi connectivity index (χ0v) is 16.2. The molecule has 0 radical (unpaired) electrons. The molecule has 0 unspecified atom stereocenters. The van der Waals surface area contributed by atoms with Crippen molar-refractivity contribution in [2.45, 2.75) is 64.8 Å². The summed E-state index contributed by atoms with van der Waals surface area (Å²) >= 11 is 0. The van der Waals surface area contributed by atoms with E-state index in [1.165, 1.54) is 44.9 Å². The lowest BCUT2D eigenvalue weighted by Crippen LogP contribution is -2.16. The molecule has 2 N–H and O–H groups in total. The van der Waals surface area contributed by atoms with Gasteiger partial charge in [-0.25, -0.2) is 0 Å². The minimum atomic E-state index is -0.365. The number of methoxy groups -OCH3 is 1. The molecule has 140 valence electrons. The first-order valence-corrected chi connectivity index (χ1v) is 9.70. The van der Waals surface area contributed by atoms with Gasteiger partial charge >= 0.3 is 0 Å². The van der Waals surface area contributed by atoms with Gasteiger partial charge in [-0.15, -0.1) is 0 Å². The first kappa shape index (κ1) is 18.6. The number of nitrogens with two attached hydrogens (primary N) is 1. The highest BCUT2D eigenvalue weighted by Crippen LogP contribution is 2.40. The summed E-state index contributed by atoms with van der Waals surface area (Å²) in [5.74, 6) is 0.406. The summed E-state index contributed by atoms with van der Waals surface area (Å²) in [6, 6.07) is 8.30.